The molecule has 0 aromatic heterocycles. The zero-order valence-electron chi connectivity index (χ0n) is 14.4. The molecule has 0 fully saturated rings. The maximum atomic E-state index is 12.3. The maximum absolute atomic E-state index is 12.3. The number of likely N-dealkylation sites (N-methyl/N-ethyl adjacent to an activating group) is 1. The SMILES string of the molecule is CCOc1ccc(/C=N\N=C2/C(=O)N(C)c3ccccc32)cc1OC. The van der Waals surface area contributed by atoms with Gasteiger partial charge in [-0.1, -0.05) is 18.2 Å². The van der Waals surface area contributed by atoms with E-state index in [0.717, 1.165) is 16.8 Å². The zero-order valence-corrected chi connectivity index (χ0v) is 14.4. The second-order valence-corrected chi connectivity index (χ2v) is 5.42. The molecule has 0 atom stereocenters. The van der Waals surface area contributed by atoms with Crippen molar-refractivity contribution >= 4 is 23.5 Å². The van der Waals surface area contributed by atoms with Gasteiger partial charge in [0.2, 0.25) is 0 Å². The molecule has 6 nitrogen and oxygen atoms in total. The van der Waals surface area contributed by atoms with Crippen molar-refractivity contribution < 1.29 is 14.3 Å². The molecule has 2 aromatic carbocycles. The lowest BCUT2D eigenvalue weighted by atomic mass is 10.1. The quantitative estimate of drug-likeness (QED) is 0.622. The number of benzene rings is 2. The average Bonchev–Trinajstić information content (AvgIpc) is 2.88. The van der Waals surface area contributed by atoms with Crippen LogP contribution in [-0.2, 0) is 4.79 Å². The summed E-state index contributed by atoms with van der Waals surface area (Å²) in [5.74, 6) is 1.14. The van der Waals surface area contributed by atoms with Crippen molar-refractivity contribution in [2.24, 2.45) is 10.2 Å². The summed E-state index contributed by atoms with van der Waals surface area (Å²) in [6.07, 6.45) is 1.58. The van der Waals surface area contributed by atoms with Crippen molar-refractivity contribution in [3.8, 4) is 11.5 Å². The molecule has 0 N–H and O–H groups in total. The molecule has 0 spiro atoms. The first-order valence-corrected chi connectivity index (χ1v) is 7.95. The number of carbonyl (C=O) groups excluding carboxylic acids is 1. The van der Waals surface area contributed by atoms with Crippen molar-refractivity contribution in [3.05, 3.63) is 53.6 Å². The highest BCUT2D eigenvalue weighted by molar-refractivity contribution is 6.54. The minimum atomic E-state index is -0.164. The van der Waals surface area contributed by atoms with Crippen molar-refractivity contribution in [2.45, 2.75) is 6.92 Å². The summed E-state index contributed by atoms with van der Waals surface area (Å²) in [5, 5.41) is 8.21. The lowest BCUT2D eigenvalue weighted by Gasteiger charge is -2.09. The molecule has 0 saturated heterocycles. The monoisotopic (exact) mass is 337 g/mol. The van der Waals surface area contributed by atoms with Crippen LogP contribution in [0.2, 0.25) is 0 Å². The number of carbonyl (C=O) groups is 1. The van der Waals surface area contributed by atoms with E-state index in [-0.39, 0.29) is 5.91 Å². The first-order valence-electron chi connectivity index (χ1n) is 7.95. The fourth-order valence-corrected chi connectivity index (χ4v) is 2.64. The first-order chi connectivity index (χ1) is 12.2. The van der Waals surface area contributed by atoms with E-state index < -0.39 is 0 Å². The molecule has 0 saturated carbocycles. The molecule has 0 unspecified atom stereocenters. The van der Waals surface area contributed by atoms with Gasteiger partial charge in [0, 0.05) is 12.6 Å². The van der Waals surface area contributed by atoms with Gasteiger partial charge in [0.05, 0.1) is 25.6 Å². The van der Waals surface area contributed by atoms with Gasteiger partial charge < -0.3 is 14.4 Å². The van der Waals surface area contributed by atoms with Crippen LogP contribution in [0.15, 0.2) is 52.7 Å². The number of para-hydroxylation sites is 1. The highest BCUT2D eigenvalue weighted by Crippen LogP contribution is 2.28. The van der Waals surface area contributed by atoms with Gasteiger partial charge in [0.15, 0.2) is 17.2 Å². The van der Waals surface area contributed by atoms with Gasteiger partial charge in [-0.2, -0.15) is 5.10 Å². The molecule has 25 heavy (non-hydrogen) atoms. The van der Waals surface area contributed by atoms with Crippen LogP contribution in [0.4, 0.5) is 5.69 Å². The molecular formula is C19H19N3O3. The van der Waals surface area contributed by atoms with Crippen LogP contribution in [-0.4, -0.2) is 38.6 Å². The van der Waals surface area contributed by atoms with Crippen molar-refractivity contribution in [3.63, 3.8) is 0 Å². The topological polar surface area (TPSA) is 63.5 Å². The van der Waals surface area contributed by atoms with Gasteiger partial charge in [-0.05, 0) is 36.8 Å². The summed E-state index contributed by atoms with van der Waals surface area (Å²) in [4.78, 5) is 13.9. The van der Waals surface area contributed by atoms with Crippen LogP contribution in [0, 0.1) is 0 Å². The maximum Gasteiger partial charge on any atom is 0.279 e. The van der Waals surface area contributed by atoms with Crippen LogP contribution >= 0.6 is 0 Å². The molecular weight excluding hydrogens is 318 g/mol. The van der Waals surface area contributed by atoms with Gasteiger partial charge in [0.1, 0.15) is 0 Å². The summed E-state index contributed by atoms with van der Waals surface area (Å²) in [5.41, 5.74) is 2.77. The Labute approximate surface area is 146 Å². The van der Waals surface area contributed by atoms with Gasteiger partial charge >= 0.3 is 0 Å². The summed E-state index contributed by atoms with van der Waals surface area (Å²) < 4.78 is 10.8. The van der Waals surface area contributed by atoms with E-state index in [1.807, 2.05) is 49.4 Å². The first kappa shape index (κ1) is 16.7. The molecule has 3 rings (SSSR count). The van der Waals surface area contributed by atoms with E-state index in [9.17, 15) is 4.79 Å². The van der Waals surface area contributed by atoms with E-state index in [1.165, 1.54) is 0 Å². The molecule has 0 radical (unpaired) electrons. The molecule has 0 bridgehead atoms. The highest BCUT2D eigenvalue weighted by Gasteiger charge is 2.30. The predicted octanol–water partition coefficient (Wildman–Crippen LogP) is 2.89. The van der Waals surface area contributed by atoms with Gasteiger partial charge in [0.25, 0.3) is 5.91 Å². The number of anilines is 1. The second-order valence-electron chi connectivity index (χ2n) is 5.42. The standard InChI is InChI=1S/C19H19N3O3/c1-4-25-16-10-9-13(11-17(16)24-3)12-20-21-18-14-7-5-6-8-15(14)22(2)19(18)23/h5-12H,4H2,1-3H3/b20-12-,21-18-. The minimum absolute atomic E-state index is 0.164. The minimum Gasteiger partial charge on any atom is -0.493 e. The Hall–Kier alpha value is -3.15. The third-order valence-electron chi connectivity index (χ3n) is 3.88. The van der Waals surface area contributed by atoms with Crippen LogP contribution in [0.25, 0.3) is 0 Å². The number of methoxy groups -OCH3 is 1. The fourth-order valence-electron chi connectivity index (χ4n) is 2.64. The fraction of sp³-hybridized carbons (Fsp3) is 0.211. The van der Waals surface area contributed by atoms with Gasteiger partial charge in [-0.15, -0.1) is 5.10 Å². The van der Waals surface area contributed by atoms with E-state index in [4.69, 9.17) is 9.47 Å². The van der Waals surface area contributed by atoms with Crippen molar-refractivity contribution in [1.29, 1.82) is 0 Å². The summed E-state index contributed by atoms with van der Waals surface area (Å²) in [6.45, 7) is 2.48. The Morgan fingerprint density at radius 1 is 1.16 bits per heavy atom. The van der Waals surface area contributed by atoms with Gasteiger partial charge in [-0.3, -0.25) is 4.79 Å². The zero-order chi connectivity index (χ0) is 17.8. The van der Waals surface area contributed by atoms with Crippen LogP contribution in [0.5, 0.6) is 11.5 Å². The largest absolute Gasteiger partial charge is 0.493 e. The van der Waals surface area contributed by atoms with E-state index in [1.54, 1.807) is 25.3 Å². The summed E-state index contributed by atoms with van der Waals surface area (Å²) in [7, 11) is 3.31. The van der Waals surface area contributed by atoms with E-state index >= 15 is 0 Å². The third kappa shape index (κ3) is 3.24. The number of nitrogens with zero attached hydrogens (tertiary/aromatic N) is 3. The lowest BCUT2D eigenvalue weighted by Crippen LogP contribution is -2.25. The van der Waals surface area contributed by atoms with E-state index in [0.29, 0.717) is 23.8 Å². The molecule has 1 aliphatic rings. The van der Waals surface area contributed by atoms with Crippen LogP contribution < -0.4 is 14.4 Å². The lowest BCUT2D eigenvalue weighted by molar-refractivity contribution is -0.111. The molecule has 2 aromatic rings. The Bertz CT molecular complexity index is 859. The predicted molar refractivity (Wildman–Crippen MR) is 98.1 cm³/mol. The Morgan fingerprint density at radius 3 is 2.72 bits per heavy atom. The van der Waals surface area contributed by atoms with Crippen molar-refractivity contribution in [2.75, 3.05) is 25.7 Å². The summed E-state index contributed by atoms with van der Waals surface area (Å²) in [6, 6.07) is 13.0. The normalized spacial score (nSPS) is 15.1. The van der Waals surface area contributed by atoms with Crippen LogP contribution in [0.3, 0.4) is 0 Å². The molecule has 0 aliphatic carbocycles. The highest BCUT2D eigenvalue weighted by atomic mass is 16.5. The van der Waals surface area contributed by atoms with Crippen LogP contribution in [0.1, 0.15) is 18.1 Å². The number of rotatable bonds is 5. The molecule has 6 heteroatoms. The van der Waals surface area contributed by atoms with Gasteiger partial charge in [-0.25, -0.2) is 0 Å². The molecule has 1 aliphatic heterocycles. The van der Waals surface area contributed by atoms with Crippen molar-refractivity contribution in [1.82, 2.24) is 0 Å². The third-order valence-corrected chi connectivity index (χ3v) is 3.88. The number of ether oxygens (including phenoxy) is 2. The molecule has 1 heterocycles. The van der Waals surface area contributed by atoms with E-state index in [2.05, 4.69) is 10.2 Å². The Kier molecular flexibility index (Phi) is 4.79. The Morgan fingerprint density at radius 2 is 1.96 bits per heavy atom. The smallest absolute Gasteiger partial charge is 0.279 e. The number of hydrogen-bond donors (Lipinski definition) is 0. The number of amides is 1. The average molecular weight is 337 g/mol. The number of fused-ring (bicyclic) bond motifs is 1. The summed E-state index contributed by atoms with van der Waals surface area (Å²) >= 11 is 0. The molecule has 128 valence electrons. The Balaban J connectivity index is 1.86. The second kappa shape index (κ2) is 7.17. The number of hydrogen-bond acceptors (Lipinski definition) is 5. The molecule has 1 amide bonds.